The van der Waals surface area contributed by atoms with Crippen molar-refractivity contribution >= 4 is 15.9 Å². The molecule has 0 radical (unpaired) electrons. The molecule has 0 aliphatic heterocycles. The van der Waals surface area contributed by atoms with E-state index in [4.69, 9.17) is 0 Å². The van der Waals surface area contributed by atoms with Gasteiger partial charge in [0.05, 0.1) is 0 Å². The van der Waals surface area contributed by atoms with E-state index < -0.39 is 0 Å². The molecule has 0 rings (SSSR count). The van der Waals surface area contributed by atoms with Crippen LogP contribution in [0.2, 0.25) is 0 Å². The first-order valence-corrected chi connectivity index (χ1v) is 5.65. The minimum atomic E-state index is 1.25. The van der Waals surface area contributed by atoms with Crippen LogP contribution in [0.5, 0.6) is 0 Å². The van der Waals surface area contributed by atoms with Gasteiger partial charge in [-0.1, -0.05) is 59.8 Å². The van der Waals surface area contributed by atoms with Gasteiger partial charge in [-0.2, -0.15) is 0 Å². The topological polar surface area (TPSA) is 0 Å². The van der Waals surface area contributed by atoms with Gasteiger partial charge in [-0.25, -0.2) is 0 Å². The van der Waals surface area contributed by atoms with Crippen molar-refractivity contribution in [2.75, 3.05) is 0 Å². The van der Waals surface area contributed by atoms with E-state index in [9.17, 15) is 0 Å². The summed E-state index contributed by atoms with van der Waals surface area (Å²) in [6, 6.07) is 0. The summed E-state index contributed by atoms with van der Waals surface area (Å²) in [5.41, 5.74) is 1.47. The molecule has 0 aliphatic carbocycles. The van der Waals surface area contributed by atoms with Crippen molar-refractivity contribution in [2.24, 2.45) is 0 Å². The molecular weight excluding hydrogens is 212 g/mol. The Hall–Kier alpha value is -0.0400. The van der Waals surface area contributed by atoms with Crippen LogP contribution in [0.4, 0.5) is 0 Å². The van der Waals surface area contributed by atoms with E-state index >= 15 is 0 Å². The van der Waals surface area contributed by atoms with Crippen molar-refractivity contribution in [1.29, 1.82) is 0 Å². The van der Waals surface area contributed by atoms with Crippen LogP contribution in [0.3, 0.4) is 0 Å². The lowest BCUT2D eigenvalue weighted by Gasteiger charge is -1.98. The summed E-state index contributed by atoms with van der Waals surface area (Å²) in [7, 11) is 0. The highest BCUT2D eigenvalue weighted by atomic mass is 79.9. The Kier molecular flexibility index (Phi) is 9.02. The molecular formula is C11H19Br. The molecule has 0 saturated heterocycles. The standard InChI is InChI=1S/C11H19Br/c1-3-4-5-6-8-11(2)9-7-10-12/h7,9-10H,3-6,8H2,1-2H3/b10-7+,11-9+. The summed E-state index contributed by atoms with van der Waals surface area (Å²) in [6.07, 6.45) is 10.9. The highest BCUT2D eigenvalue weighted by Gasteiger charge is 1.89. The predicted octanol–water partition coefficient (Wildman–Crippen LogP) is 4.81. The van der Waals surface area contributed by atoms with Crippen molar-refractivity contribution in [3.05, 3.63) is 22.7 Å². The number of hydrogen-bond acceptors (Lipinski definition) is 0. The third kappa shape index (κ3) is 8.06. The maximum atomic E-state index is 3.25. The summed E-state index contributed by atoms with van der Waals surface area (Å²) in [6.45, 7) is 4.44. The van der Waals surface area contributed by atoms with Crippen LogP contribution in [0.15, 0.2) is 22.7 Å². The quantitative estimate of drug-likeness (QED) is 0.454. The van der Waals surface area contributed by atoms with Crippen LogP contribution in [0, 0.1) is 0 Å². The Morgan fingerprint density at radius 1 is 1.25 bits per heavy atom. The van der Waals surface area contributed by atoms with Gasteiger partial charge < -0.3 is 0 Å². The van der Waals surface area contributed by atoms with Crippen LogP contribution in [0.1, 0.15) is 46.0 Å². The maximum Gasteiger partial charge on any atom is -0.0189 e. The average Bonchev–Trinajstić information content (AvgIpc) is 2.09. The third-order valence-electron chi connectivity index (χ3n) is 1.88. The largest absolute Gasteiger partial charge is 0.0733 e. The Morgan fingerprint density at radius 3 is 2.58 bits per heavy atom. The van der Waals surface area contributed by atoms with E-state index in [1.807, 2.05) is 11.1 Å². The predicted molar refractivity (Wildman–Crippen MR) is 60.6 cm³/mol. The second kappa shape index (κ2) is 9.05. The zero-order valence-corrected chi connectivity index (χ0v) is 9.73. The van der Waals surface area contributed by atoms with Crippen molar-refractivity contribution in [3.8, 4) is 0 Å². The van der Waals surface area contributed by atoms with E-state index in [0.29, 0.717) is 0 Å². The lowest BCUT2D eigenvalue weighted by atomic mass is 10.1. The Bertz CT molecular complexity index is 145. The van der Waals surface area contributed by atoms with Crippen LogP contribution in [-0.2, 0) is 0 Å². The molecule has 0 aliphatic rings. The van der Waals surface area contributed by atoms with E-state index in [0.717, 1.165) is 0 Å². The lowest BCUT2D eigenvalue weighted by Crippen LogP contribution is -1.78. The zero-order valence-electron chi connectivity index (χ0n) is 8.15. The molecule has 0 aromatic rings. The molecule has 0 aromatic heterocycles. The normalized spacial score (nSPS) is 12.8. The van der Waals surface area contributed by atoms with Gasteiger partial charge in [0, 0.05) is 0 Å². The van der Waals surface area contributed by atoms with Gasteiger partial charge in [0.15, 0.2) is 0 Å². The monoisotopic (exact) mass is 230 g/mol. The molecule has 0 unspecified atom stereocenters. The number of hydrogen-bond donors (Lipinski definition) is 0. The molecule has 0 heterocycles. The highest BCUT2D eigenvalue weighted by Crippen LogP contribution is 2.09. The molecule has 0 fully saturated rings. The molecule has 1 heteroatoms. The zero-order chi connectivity index (χ0) is 9.23. The summed E-state index contributed by atoms with van der Waals surface area (Å²) in [4.78, 5) is 1.89. The van der Waals surface area contributed by atoms with Crippen LogP contribution in [-0.4, -0.2) is 0 Å². The number of halogens is 1. The number of unbranched alkanes of at least 4 members (excludes halogenated alkanes) is 3. The average molecular weight is 231 g/mol. The molecule has 0 bridgehead atoms. The molecule has 12 heavy (non-hydrogen) atoms. The van der Waals surface area contributed by atoms with Crippen molar-refractivity contribution in [3.63, 3.8) is 0 Å². The molecule has 0 aromatic carbocycles. The SMILES string of the molecule is CCCCCC/C(C)=C/C=C/Br. The van der Waals surface area contributed by atoms with Gasteiger partial charge in [-0.15, -0.1) is 0 Å². The fraction of sp³-hybridized carbons (Fsp3) is 0.636. The van der Waals surface area contributed by atoms with Gasteiger partial charge in [0.25, 0.3) is 0 Å². The first kappa shape index (κ1) is 12.0. The lowest BCUT2D eigenvalue weighted by molar-refractivity contribution is 0.664. The third-order valence-corrected chi connectivity index (χ3v) is 2.18. The molecule has 0 saturated carbocycles. The van der Waals surface area contributed by atoms with E-state index in [-0.39, 0.29) is 0 Å². The van der Waals surface area contributed by atoms with Gasteiger partial charge in [-0.05, 0) is 24.8 Å². The van der Waals surface area contributed by atoms with E-state index in [2.05, 4.69) is 35.9 Å². The van der Waals surface area contributed by atoms with Crippen LogP contribution < -0.4 is 0 Å². The second-order valence-electron chi connectivity index (χ2n) is 3.14. The minimum absolute atomic E-state index is 1.25. The second-order valence-corrected chi connectivity index (χ2v) is 3.67. The summed E-state index contributed by atoms with van der Waals surface area (Å²) in [5, 5.41) is 0. The van der Waals surface area contributed by atoms with Gasteiger partial charge in [0.2, 0.25) is 0 Å². The molecule has 0 amide bonds. The van der Waals surface area contributed by atoms with Crippen molar-refractivity contribution < 1.29 is 0 Å². The van der Waals surface area contributed by atoms with Crippen LogP contribution >= 0.6 is 15.9 Å². The molecule has 0 atom stereocenters. The van der Waals surface area contributed by atoms with E-state index in [1.165, 1.54) is 37.7 Å². The maximum absolute atomic E-state index is 3.25. The molecule has 0 nitrogen and oxygen atoms in total. The minimum Gasteiger partial charge on any atom is -0.0733 e. The smallest absolute Gasteiger partial charge is 0.0189 e. The summed E-state index contributed by atoms with van der Waals surface area (Å²) < 4.78 is 0. The summed E-state index contributed by atoms with van der Waals surface area (Å²) >= 11 is 3.25. The highest BCUT2D eigenvalue weighted by molar-refractivity contribution is 9.11. The van der Waals surface area contributed by atoms with Crippen molar-refractivity contribution in [1.82, 2.24) is 0 Å². The van der Waals surface area contributed by atoms with Crippen molar-refractivity contribution in [2.45, 2.75) is 46.0 Å². The Labute approximate surface area is 84.9 Å². The Balaban J connectivity index is 3.36. The fourth-order valence-electron chi connectivity index (χ4n) is 1.11. The van der Waals surface area contributed by atoms with E-state index in [1.54, 1.807) is 0 Å². The van der Waals surface area contributed by atoms with Gasteiger partial charge >= 0.3 is 0 Å². The summed E-state index contributed by atoms with van der Waals surface area (Å²) in [5.74, 6) is 0. The van der Waals surface area contributed by atoms with Gasteiger partial charge in [0.1, 0.15) is 0 Å². The van der Waals surface area contributed by atoms with Crippen LogP contribution in [0.25, 0.3) is 0 Å². The fourth-order valence-corrected chi connectivity index (χ4v) is 1.27. The molecule has 70 valence electrons. The number of allylic oxidation sites excluding steroid dienone is 3. The Morgan fingerprint density at radius 2 is 2.00 bits per heavy atom. The first-order valence-electron chi connectivity index (χ1n) is 4.73. The number of rotatable bonds is 6. The van der Waals surface area contributed by atoms with Gasteiger partial charge in [-0.3, -0.25) is 0 Å². The molecule has 0 spiro atoms. The molecule has 0 N–H and O–H groups in total. The first-order chi connectivity index (χ1) is 5.81.